The van der Waals surface area contributed by atoms with E-state index in [1.54, 1.807) is 30.0 Å². The number of carboxylic acid groups (broad SMARTS) is 1. The van der Waals surface area contributed by atoms with E-state index in [0.717, 1.165) is 4.47 Å². The molecule has 1 heterocycles. The minimum absolute atomic E-state index is 0.182. The van der Waals surface area contributed by atoms with Crippen LogP contribution in [-0.2, 0) is 9.53 Å². The topological polar surface area (TPSA) is 66.8 Å². The Hall–Kier alpha value is -1.11. The van der Waals surface area contributed by atoms with Gasteiger partial charge in [0.05, 0.1) is 23.7 Å². The first kappa shape index (κ1) is 15.3. The number of carbonyl (C=O) groups is 2. The Bertz CT molecular complexity index is 557. The van der Waals surface area contributed by atoms with Crippen LogP contribution in [0, 0.1) is 0 Å². The summed E-state index contributed by atoms with van der Waals surface area (Å²) in [5.41, 5.74) is -0.175. The lowest BCUT2D eigenvalue weighted by Gasteiger charge is -2.47. The summed E-state index contributed by atoms with van der Waals surface area (Å²) in [4.78, 5) is 24.3. The predicted molar refractivity (Wildman–Crippen MR) is 77.0 cm³/mol. The third kappa shape index (κ3) is 3.31. The van der Waals surface area contributed by atoms with E-state index in [2.05, 4.69) is 15.9 Å². The fourth-order valence-electron chi connectivity index (χ4n) is 2.07. The van der Waals surface area contributed by atoms with Crippen molar-refractivity contribution in [1.29, 1.82) is 0 Å². The minimum atomic E-state index is -1.02. The van der Waals surface area contributed by atoms with Gasteiger partial charge in [-0.3, -0.25) is 4.79 Å². The molecule has 0 bridgehead atoms. The molecule has 1 aliphatic rings. The first-order valence-electron chi connectivity index (χ1n) is 5.91. The summed E-state index contributed by atoms with van der Waals surface area (Å²) in [5, 5.41) is 8.96. The number of carbonyl (C=O) groups excluding carboxylic acids is 1. The Morgan fingerprint density at radius 3 is 2.70 bits per heavy atom. The molecule has 0 aliphatic carbocycles. The number of ether oxygens (including phenoxy) is 1. The fourth-order valence-corrected chi connectivity index (χ4v) is 2.82. The van der Waals surface area contributed by atoms with Crippen molar-refractivity contribution in [3.8, 4) is 0 Å². The quantitative estimate of drug-likeness (QED) is 0.893. The van der Waals surface area contributed by atoms with Crippen LogP contribution in [0.15, 0.2) is 22.7 Å². The summed E-state index contributed by atoms with van der Waals surface area (Å²) < 4.78 is 6.06. The van der Waals surface area contributed by atoms with E-state index in [4.69, 9.17) is 21.4 Å². The first-order valence-corrected chi connectivity index (χ1v) is 7.08. The zero-order valence-electron chi connectivity index (χ0n) is 10.7. The maximum Gasteiger partial charge on any atom is 0.329 e. The predicted octanol–water partition coefficient (Wildman–Crippen LogP) is 2.42. The van der Waals surface area contributed by atoms with Gasteiger partial charge in [-0.1, -0.05) is 27.5 Å². The van der Waals surface area contributed by atoms with Crippen LogP contribution in [0.2, 0.25) is 5.02 Å². The summed E-state index contributed by atoms with van der Waals surface area (Å²) in [6.45, 7) is 2.12. The molecule has 0 spiro atoms. The van der Waals surface area contributed by atoms with E-state index in [9.17, 15) is 9.59 Å². The zero-order valence-corrected chi connectivity index (χ0v) is 13.1. The average molecular weight is 363 g/mol. The molecule has 0 saturated carbocycles. The van der Waals surface area contributed by atoms with Gasteiger partial charge in [0, 0.05) is 4.47 Å². The molecule has 1 amide bonds. The Balaban J connectivity index is 1.98. The highest BCUT2D eigenvalue weighted by atomic mass is 79.9. The number of hydrogen-bond donors (Lipinski definition) is 1. The van der Waals surface area contributed by atoms with Crippen LogP contribution in [0.1, 0.15) is 17.3 Å². The second-order valence-electron chi connectivity index (χ2n) is 4.92. The third-order valence-electron chi connectivity index (χ3n) is 3.04. The molecule has 0 unspecified atom stereocenters. The van der Waals surface area contributed by atoms with Gasteiger partial charge in [0.25, 0.3) is 5.91 Å². The molecule has 1 fully saturated rings. The van der Waals surface area contributed by atoms with Crippen molar-refractivity contribution in [2.24, 2.45) is 0 Å². The Morgan fingerprint density at radius 2 is 2.15 bits per heavy atom. The Kier molecular flexibility index (Phi) is 4.36. The van der Waals surface area contributed by atoms with Gasteiger partial charge in [-0.25, -0.2) is 4.79 Å². The van der Waals surface area contributed by atoms with Crippen LogP contribution in [0.4, 0.5) is 0 Å². The van der Waals surface area contributed by atoms with Crippen molar-refractivity contribution >= 4 is 39.4 Å². The molecular weight excluding hydrogens is 350 g/mol. The number of hydrogen-bond acceptors (Lipinski definition) is 3. The van der Waals surface area contributed by atoms with Gasteiger partial charge in [0.2, 0.25) is 0 Å². The fraction of sp³-hybridized carbons (Fsp3) is 0.385. The number of carboxylic acids is 1. The molecule has 1 aliphatic heterocycles. The Labute approximate surface area is 129 Å². The first-order chi connectivity index (χ1) is 9.31. The normalized spacial score (nSPS) is 16.6. The summed E-state index contributed by atoms with van der Waals surface area (Å²) in [6, 6.07) is 5.07. The van der Waals surface area contributed by atoms with E-state index < -0.39 is 11.6 Å². The zero-order chi connectivity index (χ0) is 14.9. The molecule has 5 nitrogen and oxygen atoms in total. The van der Waals surface area contributed by atoms with E-state index in [1.165, 1.54) is 0 Å². The van der Waals surface area contributed by atoms with Crippen molar-refractivity contribution in [3.05, 3.63) is 33.3 Å². The van der Waals surface area contributed by atoms with E-state index in [0.29, 0.717) is 23.7 Å². The summed E-state index contributed by atoms with van der Waals surface area (Å²) in [7, 11) is 0. The van der Waals surface area contributed by atoms with Gasteiger partial charge in [0.1, 0.15) is 12.2 Å². The number of amides is 1. The van der Waals surface area contributed by atoms with Crippen molar-refractivity contribution < 1.29 is 19.4 Å². The maximum atomic E-state index is 12.2. The number of benzene rings is 1. The SMILES string of the molecule is CC1(OCC(=O)O)CN(C(=O)c2ccc(Br)cc2Cl)C1. The lowest BCUT2D eigenvalue weighted by Crippen LogP contribution is -2.63. The molecule has 108 valence electrons. The standard InChI is InChI=1S/C13H13BrClNO4/c1-13(20-5-11(17)18)6-16(7-13)12(19)9-3-2-8(14)4-10(9)15/h2-4H,5-7H2,1H3,(H,17,18). The minimum Gasteiger partial charge on any atom is -0.480 e. The smallest absolute Gasteiger partial charge is 0.329 e. The second-order valence-corrected chi connectivity index (χ2v) is 6.24. The van der Waals surface area contributed by atoms with Gasteiger partial charge >= 0.3 is 5.97 Å². The lowest BCUT2D eigenvalue weighted by atomic mass is 9.95. The molecule has 0 radical (unpaired) electrons. The highest BCUT2D eigenvalue weighted by Crippen LogP contribution is 2.29. The van der Waals surface area contributed by atoms with E-state index in [1.807, 2.05) is 0 Å². The van der Waals surface area contributed by atoms with Crippen LogP contribution < -0.4 is 0 Å². The third-order valence-corrected chi connectivity index (χ3v) is 3.85. The van der Waals surface area contributed by atoms with Gasteiger partial charge in [-0.15, -0.1) is 0 Å². The lowest BCUT2D eigenvalue weighted by molar-refractivity contribution is -0.159. The second kappa shape index (κ2) is 5.71. The molecule has 1 saturated heterocycles. The average Bonchev–Trinajstić information content (AvgIpc) is 2.32. The molecule has 1 N–H and O–H groups in total. The number of rotatable bonds is 4. The molecule has 2 rings (SSSR count). The number of nitrogens with zero attached hydrogens (tertiary/aromatic N) is 1. The highest BCUT2D eigenvalue weighted by molar-refractivity contribution is 9.10. The van der Waals surface area contributed by atoms with Crippen LogP contribution in [0.3, 0.4) is 0 Å². The molecular formula is C13H13BrClNO4. The van der Waals surface area contributed by atoms with Gasteiger partial charge in [-0.2, -0.15) is 0 Å². The maximum absolute atomic E-state index is 12.2. The largest absolute Gasteiger partial charge is 0.480 e. The van der Waals surface area contributed by atoms with Crippen molar-refractivity contribution in [2.75, 3.05) is 19.7 Å². The number of likely N-dealkylation sites (tertiary alicyclic amines) is 1. The molecule has 7 heteroatoms. The summed E-state index contributed by atoms with van der Waals surface area (Å²) in [5.74, 6) is -1.20. The number of halogens is 2. The van der Waals surface area contributed by atoms with E-state index >= 15 is 0 Å². The van der Waals surface area contributed by atoms with Gasteiger partial charge in [0.15, 0.2) is 0 Å². The summed E-state index contributed by atoms with van der Waals surface area (Å²) in [6.07, 6.45) is 0. The van der Waals surface area contributed by atoms with Crippen molar-refractivity contribution in [2.45, 2.75) is 12.5 Å². The summed E-state index contributed by atoms with van der Waals surface area (Å²) >= 11 is 9.32. The van der Waals surface area contributed by atoms with Crippen LogP contribution in [-0.4, -0.2) is 47.2 Å². The van der Waals surface area contributed by atoms with Gasteiger partial charge in [-0.05, 0) is 25.1 Å². The van der Waals surface area contributed by atoms with E-state index in [-0.39, 0.29) is 12.5 Å². The highest BCUT2D eigenvalue weighted by Gasteiger charge is 2.43. The van der Waals surface area contributed by atoms with Gasteiger partial charge < -0.3 is 14.7 Å². The van der Waals surface area contributed by atoms with Crippen LogP contribution in [0.25, 0.3) is 0 Å². The van der Waals surface area contributed by atoms with Crippen LogP contribution >= 0.6 is 27.5 Å². The molecule has 0 atom stereocenters. The van der Waals surface area contributed by atoms with Crippen molar-refractivity contribution in [1.82, 2.24) is 4.90 Å². The molecule has 1 aromatic carbocycles. The molecule has 20 heavy (non-hydrogen) atoms. The monoisotopic (exact) mass is 361 g/mol. The molecule has 1 aromatic rings. The Morgan fingerprint density at radius 1 is 1.50 bits per heavy atom. The van der Waals surface area contributed by atoms with Crippen LogP contribution in [0.5, 0.6) is 0 Å². The molecule has 0 aromatic heterocycles. The van der Waals surface area contributed by atoms with Crippen molar-refractivity contribution in [3.63, 3.8) is 0 Å². The number of aliphatic carboxylic acids is 1.